The number of rotatable bonds is 4. The molecule has 1 N–H and O–H groups in total. The number of aromatic nitrogens is 2. The van der Waals surface area contributed by atoms with Crippen molar-refractivity contribution >= 4 is 26.6 Å². The third kappa shape index (κ3) is 3.45. The van der Waals surface area contributed by atoms with Crippen LogP contribution in [0.5, 0.6) is 0 Å². The summed E-state index contributed by atoms with van der Waals surface area (Å²) in [6.07, 6.45) is 2.57. The molecule has 0 saturated heterocycles. The second-order valence-corrected chi connectivity index (χ2v) is 7.17. The molecule has 0 aliphatic carbocycles. The third-order valence-electron chi connectivity index (χ3n) is 3.41. The highest BCUT2D eigenvalue weighted by Gasteiger charge is 2.11. The molecule has 0 saturated carbocycles. The molecule has 2 aromatic carbocycles. The first-order valence-corrected chi connectivity index (χ1v) is 8.76. The Hall–Kier alpha value is -2.54. The Morgan fingerprint density at radius 3 is 2.52 bits per heavy atom. The number of nitrogens with zero attached hydrogens (tertiary/aromatic N) is 2. The summed E-state index contributed by atoms with van der Waals surface area (Å²) in [4.78, 5) is 8.52. The molecule has 0 atom stereocenters. The van der Waals surface area contributed by atoms with E-state index in [1.54, 1.807) is 24.3 Å². The molecule has 3 rings (SSSR count). The van der Waals surface area contributed by atoms with E-state index in [4.69, 9.17) is 0 Å². The van der Waals surface area contributed by atoms with Crippen LogP contribution in [-0.4, -0.2) is 24.6 Å². The molecular formula is C16H14FN3O2S. The maximum Gasteiger partial charge on any atom is 0.175 e. The number of hydrogen-bond donors (Lipinski definition) is 1. The standard InChI is InChI=1S/C16H14FN3O2S/c1-23(21,22)13-6-7-15-14(8-13)16(20-10-19-15)18-9-11-2-4-12(17)5-3-11/h2-8,10H,9H2,1H3,(H,18,19,20). The summed E-state index contributed by atoms with van der Waals surface area (Å²) >= 11 is 0. The molecular weight excluding hydrogens is 317 g/mol. The van der Waals surface area contributed by atoms with Gasteiger partial charge in [0, 0.05) is 18.2 Å². The predicted molar refractivity (Wildman–Crippen MR) is 86.4 cm³/mol. The van der Waals surface area contributed by atoms with Gasteiger partial charge < -0.3 is 5.32 Å². The normalized spacial score (nSPS) is 11.6. The molecule has 1 aromatic heterocycles. The Kier molecular flexibility index (Phi) is 3.96. The molecule has 7 heteroatoms. The summed E-state index contributed by atoms with van der Waals surface area (Å²) in [5.41, 5.74) is 1.53. The molecule has 0 bridgehead atoms. The van der Waals surface area contributed by atoms with Crippen LogP contribution < -0.4 is 5.32 Å². The Bertz CT molecular complexity index is 957. The van der Waals surface area contributed by atoms with E-state index in [-0.39, 0.29) is 10.7 Å². The van der Waals surface area contributed by atoms with Crippen molar-refractivity contribution in [3.63, 3.8) is 0 Å². The topological polar surface area (TPSA) is 72.0 Å². The quantitative estimate of drug-likeness (QED) is 0.796. The van der Waals surface area contributed by atoms with E-state index in [2.05, 4.69) is 15.3 Å². The van der Waals surface area contributed by atoms with Crippen LogP contribution in [0.4, 0.5) is 10.2 Å². The fraction of sp³-hybridized carbons (Fsp3) is 0.125. The molecule has 0 fully saturated rings. The first-order valence-electron chi connectivity index (χ1n) is 6.86. The average Bonchev–Trinajstić information content (AvgIpc) is 2.53. The second-order valence-electron chi connectivity index (χ2n) is 5.15. The highest BCUT2D eigenvalue weighted by atomic mass is 32.2. The van der Waals surface area contributed by atoms with Crippen molar-refractivity contribution in [1.82, 2.24) is 9.97 Å². The van der Waals surface area contributed by atoms with Crippen molar-refractivity contribution in [3.05, 3.63) is 60.2 Å². The fourth-order valence-electron chi connectivity index (χ4n) is 2.20. The molecule has 0 aliphatic heterocycles. The summed E-state index contributed by atoms with van der Waals surface area (Å²) in [7, 11) is -3.31. The van der Waals surface area contributed by atoms with Crippen LogP contribution in [-0.2, 0) is 16.4 Å². The molecule has 3 aromatic rings. The van der Waals surface area contributed by atoms with Crippen LogP contribution in [0.15, 0.2) is 53.7 Å². The van der Waals surface area contributed by atoms with Gasteiger partial charge in [-0.15, -0.1) is 0 Å². The SMILES string of the molecule is CS(=O)(=O)c1ccc2ncnc(NCc3ccc(F)cc3)c2c1. The highest BCUT2D eigenvalue weighted by Crippen LogP contribution is 2.23. The predicted octanol–water partition coefficient (Wildman–Crippen LogP) is 2.78. The van der Waals surface area contributed by atoms with Crippen molar-refractivity contribution in [2.45, 2.75) is 11.4 Å². The van der Waals surface area contributed by atoms with E-state index in [9.17, 15) is 12.8 Å². The Morgan fingerprint density at radius 1 is 1.09 bits per heavy atom. The third-order valence-corrected chi connectivity index (χ3v) is 4.52. The number of hydrogen-bond acceptors (Lipinski definition) is 5. The summed E-state index contributed by atoms with van der Waals surface area (Å²) in [5, 5.41) is 3.76. The molecule has 0 amide bonds. The smallest absolute Gasteiger partial charge is 0.175 e. The lowest BCUT2D eigenvalue weighted by Crippen LogP contribution is -2.03. The van der Waals surface area contributed by atoms with Gasteiger partial charge >= 0.3 is 0 Å². The maximum atomic E-state index is 12.9. The van der Waals surface area contributed by atoms with Gasteiger partial charge in [-0.05, 0) is 35.9 Å². The number of halogens is 1. The van der Waals surface area contributed by atoms with Crippen molar-refractivity contribution in [2.75, 3.05) is 11.6 Å². The highest BCUT2D eigenvalue weighted by molar-refractivity contribution is 7.90. The molecule has 118 valence electrons. The minimum absolute atomic E-state index is 0.213. The van der Waals surface area contributed by atoms with Crippen LogP contribution in [0.1, 0.15) is 5.56 Å². The van der Waals surface area contributed by atoms with Gasteiger partial charge in [0.2, 0.25) is 0 Å². The zero-order valence-electron chi connectivity index (χ0n) is 12.3. The van der Waals surface area contributed by atoms with E-state index < -0.39 is 9.84 Å². The number of benzene rings is 2. The van der Waals surface area contributed by atoms with E-state index >= 15 is 0 Å². The van der Waals surface area contributed by atoms with Gasteiger partial charge in [-0.2, -0.15) is 0 Å². The molecule has 0 aliphatic rings. The van der Waals surface area contributed by atoms with Crippen LogP contribution >= 0.6 is 0 Å². The van der Waals surface area contributed by atoms with Crippen LogP contribution in [0.2, 0.25) is 0 Å². The zero-order chi connectivity index (χ0) is 16.4. The summed E-state index contributed by atoms with van der Waals surface area (Å²) in [6, 6.07) is 10.8. The summed E-state index contributed by atoms with van der Waals surface area (Å²) in [5.74, 6) is 0.240. The number of fused-ring (bicyclic) bond motifs is 1. The van der Waals surface area contributed by atoms with E-state index in [1.807, 2.05) is 0 Å². The minimum Gasteiger partial charge on any atom is -0.365 e. The fourth-order valence-corrected chi connectivity index (χ4v) is 2.84. The Balaban J connectivity index is 1.95. The largest absolute Gasteiger partial charge is 0.365 e. The summed E-state index contributed by atoms with van der Waals surface area (Å²) in [6.45, 7) is 0.440. The first-order chi connectivity index (χ1) is 10.9. The lowest BCUT2D eigenvalue weighted by molar-refractivity contribution is 0.602. The van der Waals surface area contributed by atoms with E-state index in [0.29, 0.717) is 23.3 Å². The molecule has 23 heavy (non-hydrogen) atoms. The molecule has 5 nitrogen and oxygen atoms in total. The van der Waals surface area contributed by atoms with E-state index in [1.165, 1.54) is 24.5 Å². The van der Waals surface area contributed by atoms with Gasteiger partial charge in [-0.1, -0.05) is 12.1 Å². The second kappa shape index (κ2) is 5.92. The molecule has 1 heterocycles. The monoisotopic (exact) mass is 331 g/mol. The minimum atomic E-state index is -3.31. The molecule has 0 spiro atoms. The Morgan fingerprint density at radius 2 is 1.83 bits per heavy atom. The van der Waals surface area contributed by atoms with Crippen molar-refractivity contribution in [2.24, 2.45) is 0 Å². The average molecular weight is 331 g/mol. The van der Waals surface area contributed by atoms with Crippen molar-refractivity contribution < 1.29 is 12.8 Å². The van der Waals surface area contributed by atoms with Gasteiger partial charge in [0.15, 0.2) is 9.84 Å². The number of anilines is 1. The van der Waals surface area contributed by atoms with Gasteiger partial charge in [-0.25, -0.2) is 22.8 Å². The number of sulfone groups is 1. The first kappa shape index (κ1) is 15.4. The van der Waals surface area contributed by atoms with E-state index in [0.717, 1.165) is 11.8 Å². The van der Waals surface area contributed by atoms with Crippen LogP contribution in [0.3, 0.4) is 0 Å². The van der Waals surface area contributed by atoms with Crippen LogP contribution in [0.25, 0.3) is 10.9 Å². The van der Waals surface area contributed by atoms with Crippen molar-refractivity contribution in [1.29, 1.82) is 0 Å². The lowest BCUT2D eigenvalue weighted by Gasteiger charge is -2.09. The van der Waals surface area contributed by atoms with Crippen molar-refractivity contribution in [3.8, 4) is 0 Å². The van der Waals surface area contributed by atoms with Gasteiger partial charge in [0.1, 0.15) is 18.0 Å². The van der Waals surface area contributed by atoms with Gasteiger partial charge in [0.25, 0.3) is 0 Å². The molecule has 0 unspecified atom stereocenters. The summed E-state index contributed by atoms with van der Waals surface area (Å²) < 4.78 is 36.3. The Labute approximate surface area is 133 Å². The zero-order valence-corrected chi connectivity index (χ0v) is 13.1. The van der Waals surface area contributed by atoms with Crippen LogP contribution in [0, 0.1) is 5.82 Å². The molecule has 0 radical (unpaired) electrons. The number of nitrogens with one attached hydrogen (secondary N) is 1. The maximum absolute atomic E-state index is 12.9. The van der Waals surface area contributed by atoms with Gasteiger partial charge in [0.05, 0.1) is 10.4 Å². The van der Waals surface area contributed by atoms with Gasteiger partial charge in [-0.3, -0.25) is 0 Å². The lowest BCUT2D eigenvalue weighted by atomic mass is 10.2.